The van der Waals surface area contributed by atoms with Crippen LogP contribution in [0.1, 0.15) is 39.7 Å². The van der Waals surface area contributed by atoms with Crippen LogP contribution in [0.25, 0.3) is 10.9 Å². The molecule has 0 saturated heterocycles. The summed E-state index contributed by atoms with van der Waals surface area (Å²) in [5.41, 5.74) is 0.515. The molecule has 7 nitrogen and oxygen atoms in total. The Morgan fingerprint density at radius 2 is 1.93 bits per heavy atom. The lowest BCUT2D eigenvalue weighted by atomic mass is 10.2. The first-order chi connectivity index (χ1) is 13.0. The summed E-state index contributed by atoms with van der Waals surface area (Å²) in [4.78, 5) is 41.1. The molecule has 1 aromatic carbocycles. The molecule has 0 saturated carbocycles. The van der Waals surface area contributed by atoms with Crippen LogP contribution in [0.4, 0.5) is 0 Å². The highest BCUT2D eigenvalue weighted by molar-refractivity contribution is 7.99. The van der Waals surface area contributed by atoms with E-state index in [1.54, 1.807) is 16.7 Å². The van der Waals surface area contributed by atoms with Crippen LogP contribution in [0, 0.1) is 0 Å². The van der Waals surface area contributed by atoms with Crippen LogP contribution in [0.3, 0.4) is 0 Å². The number of nitrogens with zero attached hydrogens (tertiary/aromatic N) is 2. The number of hydrogen-bond acceptors (Lipinski definition) is 5. The van der Waals surface area contributed by atoms with Crippen LogP contribution >= 0.6 is 11.8 Å². The summed E-state index contributed by atoms with van der Waals surface area (Å²) in [7, 11) is 0. The Morgan fingerprint density at radius 3 is 2.63 bits per heavy atom. The van der Waals surface area contributed by atoms with Gasteiger partial charge in [0.05, 0.1) is 23.2 Å². The van der Waals surface area contributed by atoms with Crippen molar-refractivity contribution in [1.29, 1.82) is 0 Å². The number of rotatable bonds is 9. The van der Waals surface area contributed by atoms with Crippen molar-refractivity contribution in [2.24, 2.45) is 0 Å². The zero-order valence-electron chi connectivity index (χ0n) is 15.9. The topological polar surface area (TPSA) is 93.1 Å². The number of aromatic nitrogens is 2. The fraction of sp³-hybridized carbons (Fsp3) is 0.474. The van der Waals surface area contributed by atoms with E-state index in [4.69, 9.17) is 0 Å². The molecule has 0 aliphatic rings. The van der Waals surface area contributed by atoms with Crippen LogP contribution in [-0.4, -0.2) is 40.2 Å². The first-order valence-electron chi connectivity index (χ1n) is 9.15. The number of benzene rings is 1. The fourth-order valence-electron chi connectivity index (χ4n) is 2.49. The van der Waals surface area contributed by atoms with Crippen molar-refractivity contribution in [3.63, 3.8) is 0 Å². The Labute approximate surface area is 162 Å². The Bertz CT molecular complexity index is 866. The van der Waals surface area contributed by atoms with Crippen LogP contribution in [-0.2, 0) is 9.59 Å². The molecule has 2 N–H and O–H groups in total. The van der Waals surface area contributed by atoms with Crippen LogP contribution in [0.5, 0.6) is 0 Å². The predicted molar refractivity (Wildman–Crippen MR) is 108 cm³/mol. The van der Waals surface area contributed by atoms with Gasteiger partial charge in [0.1, 0.15) is 0 Å². The maximum Gasteiger partial charge on any atom is 0.262 e. The average Bonchev–Trinajstić information content (AvgIpc) is 2.68. The van der Waals surface area contributed by atoms with Crippen LogP contribution < -0.4 is 16.2 Å². The molecule has 0 bridgehead atoms. The molecule has 0 spiro atoms. The molecule has 8 heteroatoms. The van der Waals surface area contributed by atoms with E-state index >= 15 is 0 Å². The van der Waals surface area contributed by atoms with Crippen molar-refractivity contribution in [2.45, 2.75) is 44.8 Å². The van der Waals surface area contributed by atoms with E-state index in [2.05, 4.69) is 15.6 Å². The van der Waals surface area contributed by atoms with Gasteiger partial charge in [0.25, 0.3) is 5.56 Å². The number of amides is 2. The molecule has 0 radical (unpaired) electrons. The minimum absolute atomic E-state index is 0.0278. The molecule has 2 aromatic rings. The van der Waals surface area contributed by atoms with Gasteiger partial charge in [-0.15, -0.1) is 0 Å². The van der Waals surface area contributed by atoms with Gasteiger partial charge in [0.15, 0.2) is 5.16 Å². The Kier molecular flexibility index (Phi) is 7.84. The third kappa shape index (κ3) is 5.56. The molecule has 1 heterocycles. The van der Waals surface area contributed by atoms with E-state index in [1.165, 1.54) is 11.8 Å². The largest absolute Gasteiger partial charge is 0.355 e. The van der Waals surface area contributed by atoms with Crippen molar-refractivity contribution in [2.75, 3.05) is 18.8 Å². The molecule has 2 rings (SSSR count). The highest BCUT2D eigenvalue weighted by Gasteiger charge is 2.16. The minimum Gasteiger partial charge on any atom is -0.355 e. The summed E-state index contributed by atoms with van der Waals surface area (Å²) in [5.74, 6) is -0.400. The summed E-state index contributed by atoms with van der Waals surface area (Å²) >= 11 is 1.21. The Balaban J connectivity index is 2.12. The SMILES string of the molecule is CCCNC(=O)CNC(=O)CSc1nc2ccccc2c(=O)n1[C@H](C)CC. The zero-order chi connectivity index (χ0) is 19.8. The van der Waals surface area contributed by atoms with Crippen LogP contribution in [0.15, 0.2) is 34.2 Å². The molecule has 1 atom stereocenters. The molecule has 1 aromatic heterocycles. The van der Waals surface area contributed by atoms with Gasteiger partial charge in [-0.1, -0.05) is 37.7 Å². The molecule has 0 aliphatic heterocycles. The highest BCUT2D eigenvalue weighted by atomic mass is 32.2. The smallest absolute Gasteiger partial charge is 0.262 e. The third-order valence-electron chi connectivity index (χ3n) is 4.16. The monoisotopic (exact) mass is 390 g/mol. The molecular formula is C19H26N4O3S. The van der Waals surface area contributed by atoms with Crippen molar-refractivity contribution in [3.05, 3.63) is 34.6 Å². The quantitative estimate of drug-likeness (QED) is 0.505. The minimum atomic E-state index is -0.273. The number of carbonyl (C=O) groups excluding carboxylic acids is 2. The molecule has 0 aliphatic carbocycles. The van der Waals surface area contributed by atoms with Crippen molar-refractivity contribution >= 4 is 34.5 Å². The van der Waals surface area contributed by atoms with E-state index in [-0.39, 0.29) is 35.7 Å². The van der Waals surface area contributed by atoms with E-state index in [0.29, 0.717) is 22.6 Å². The lowest BCUT2D eigenvalue weighted by molar-refractivity contribution is -0.124. The molecule has 146 valence electrons. The van der Waals surface area contributed by atoms with Gasteiger partial charge < -0.3 is 10.6 Å². The molecule has 0 unspecified atom stereocenters. The lowest BCUT2D eigenvalue weighted by Crippen LogP contribution is -2.38. The Morgan fingerprint density at radius 1 is 1.19 bits per heavy atom. The molecule has 27 heavy (non-hydrogen) atoms. The average molecular weight is 391 g/mol. The van der Waals surface area contributed by atoms with E-state index in [1.807, 2.05) is 32.9 Å². The number of carbonyl (C=O) groups is 2. The van der Waals surface area contributed by atoms with Gasteiger partial charge >= 0.3 is 0 Å². The second kappa shape index (κ2) is 10.1. The summed E-state index contributed by atoms with van der Waals surface area (Å²) in [6.45, 7) is 6.46. The van der Waals surface area contributed by atoms with Gasteiger partial charge in [-0.2, -0.15) is 0 Å². The second-order valence-corrected chi connectivity index (χ2v) is 7.20. The van der Waals surface area contributed by atoms with Gasteiger partial charge in [-0.3, -0.25) is 19.0 Å². The Hall–Kier alpha value is -2.35. The van der Waals surface area contributed by atoms with E-state index in [9.17, 15) is 14.4 Å². The predicted octanol–water partition coefficient (Wildman–Crippen LogP) is 2.10. The highest BCUT2D eigenvalue weighted by Crippen LogP contribution is 2.22. The second-order valence-electron chi connectivity index (χ2n) is 6.26. The number of fused-ring (bicyclic) bond motifs is 1. The lowest BCUT2D eigenvalue weighted by Gasteiger charge is -2.18. The van der Waals surface area contributed by atoms with Gasteiger partial charge in [0.2, 0.25) is 11.8 Å². The fourth-order valence-corrected chi connectivity index (χ4v) is 3.41. The summed E-state index contributed by atoms with van der Waals surface area (Å²) in [6.07, 6.45) is 1.62. The zero-order valence-corrected chi connectivity index (χ0v) is 16.8. The summed E-state index contributed by atoms with van der Waals surface area (Å²) < 4.78 is 1.65. The summed E-state index contributed by atoms with van der Waals surface area (Å²) in [5, 5.41) is 6.37. The van der Waals surface area contributed by atoms with Crippen molar-refractivity contribution in [3.8, 4) is 0 Å². The van der Waals surface area contributed by atoms with E-state index < -0.39 is 0 Å². The van der Waals surface area contributed by atoms with Crippen LogP contribution in [0.2, 0.25) is 0 Å². The molecule has 0 fully saturated rings. The third-order valence-corrected chi connectivity index (χ3v) is 5.11. The maximum absolute atomic E-state index is 12.9. The standard InChI is InChI=1S/C19H26N4O3S/c1-4-10-20-16(24)11-21-17(25)12-27-19-22-15-9-7-6-8-14(15)18(26)23(19)13(3)5-2/h6-9,13H,4-5,10-12H2,1-3H3,(H,20,24)(H,21,25)/t13-/m1/s1. The number of thioether (sulfide) groups is 1. The van der Waals surface area contributed by atoms with Gasteiger partial charge in [0, 0.05) is 12.6 Å². The molecule has 2 amide bonds. The van der Waals surface area contributed by atoms with Gasteiger partial charge in [-0.25, -0.2) is 4.98 Å². The van der Waals surface area contributed by atoms with Crippen molar-refractivity contribution in [1.82, 2.24) is 20.2 Å². The number of nitrogens with one attached hydrogen (secondary N) is 2. The van der Waals surface area contributed by atoms with Gasteiger partial charge in [-0.05, 0) is 31.9 Å². The number of hydrogen-bond donors (Lipinski definition) is 2. The van der Waals surface area contributed by atoms with Crippen molar-refractivity contribution < 1.29 is 9.59 Å². The maximum atomic E-state index is 12.9. The number of para-hydroxylation sites is 1. The molecular weight excluding hydrogens is 364 g/mol. The normalized spacial score (nSPS) is 12.0. The van der Waals surface area contributed by atoms with E-state index in [0.717, 1.165) is 12.8 Å². The first kappa shape index (κ1) is 21.0. The first-order valence-corrected chi connectivity index (χ1v) is 10.1. The summed E-state index contributed by atoms with van der Waals surface area (Å²) in [6, 6.07) is 7.17.